The zero-order valence-corrected chi connectivity index (χ0v) is 12.4. The van der Waals surface area contributed by atoms with E-state index in [9.17, 15) is 4.79 Å². The van der Waals surface area contributed by atoms with E-state index in [1.165, 1.54) is 28.3 Å². The van der Waals surface area contributed by atoms with Gasteiger partial charge in [-0.05, 0) is 36.3 Å². The largest absolute Gasteiger partial charge is 0.392 e. The number of benzene rings is 1. The summed E-state index contributed by atoms with van der Waals surface area (Å²) in [5.41, 5.74) is 3.26. The van der Waals surface area contributed by atoms with E-state index in [1.807, 2.05) is 28.8 Å². The molecule has 1 N–H and O–H groups in total. The molecule has 1 atom stereocenters. The number of aromatic nitrogens is 1. The Hall–Kier alpha value is -1.39. The molecule has 106 valence electrons. The molecule has 3 nitrogen and oxygen atoms in total. The summed E-state index contributed by atoms with van der Waals surface area (Å²) < 4.78 is 1.93. The summed E-state index contributed by atoms with van der Waals surface area (Å²) in [4.78, 5) is 13.6. The molecular formula is C16H19NO2S. The Balaban J connectivity index is 1.89. The quantitative estimate of drug-likeness (QED) is 0.943. The number of rotatable bonds is 3. The minimum Gasteiger partial charge on any atom is -0.392 e. The average molecular weight is 289 g/mol. The highest BCUT2D eigenvalue weighted by molar-refractivity contribution is 7.09. The van der Waals surface area contributed by atoms with Crippen LogP contribution in [0.3, 0.4) is 0 Å². The van der Waals surface area contributed by atoms with Gasteiger partial charge in [0.15, 0.2) is 0 Å². The number of nitrogens with zero attached hydrogens (tertiary/aromatic N) is 1. The Labute approximate surface area is 122 Å². The Morgan fingerprint density at radius 2 is 2.00 bits per heavy atom. The highest BCUT2D eigenvalue weighted by atomic mass is 32.1. The average Bonchev–Trinajstić information content (AvgIpc) is 2.75. The van der Waals surface area contributed by atoms with Gasteiger partial charge in [-0.3, -0.25) is 9.36 Å². The summed E-state index contributed by atoms with van der Waals surface area (Å²) in [5.74, 6) is 0.692. The van der Waals surface area contributed by atoms with E-state index in [4.69, 9.17) is 5.11 Å². The number of hydrogen-bond donors (Lipinski definition) is 1. The summed E-state index contributed by atoms with van der Waals surface area (Å²) in [5, 5.41) is 9.06. The van der Waals surface area contributed by atoms with Crippen LogP contribution in [0.25, 0.3) is 0 Å². The second-order valence-corrected chi connectivity index (χ2v) is 6.69. The zero-order chi connectivity index (χ0) is 14.1. The van der Waals surface area contributed by atoms with E-state index < -0.39 is 0 Å². The predicted molar refractivity (Wildman–Crippen MR) is 81.2 cm³/mol. The van der Waals surface area contributed by atoms with Crippen molar-refractivity contribution < 1.29 is 5.11 Å². The van der Waals surface area contributed by atoms with Gasteiger partial charge in [0.05, 0.1) is 13.2 Å². The van der Waals surface area contributed by atoms with Crippen molar-refractivity contribution in [1.29, 1.82) is 0 Å². The zero-order valence-electron chi connectivity index (χ0n) is 11.6. The third-order valence-corrected chi connectivity index (χ3v) is 5.08. The summed E-state index contributed by atoms with van der Waals surface area (Å²) in [6, 6.07) is 7.82. The fraction of sp³-hybridized carbons (Fsp3) is 0.438. The normalized spacial score (nSPS) is 18.0. The second-order valence-electron chi connectivity index (χ2n) is 5.65. The van der Waals surface area contributed by atoms with E-state index >= 15 is 0 Å². The van der Waals surface area contributed by atoms with Gasteiger partial charge in [-0.1, -0.05) is 42.5 Å². The highest BCUT2D eigenvalue weighted by Gasteiger charge is 2.21. The topological polar surface area (TPSA) is 42.2 Å². The summed E-state index contributed by atoms with van der Waals surface area (Å²) in [6.45, 7) is 2.96. The molecule has 1 aliphatic carbocycles. The van der Waals surface area contributed by atoms with E-state index in [1.54, 1.807) is 0 Å². The van der Waals surface area contributed by atoms with E-state index in [0.717, 1.165) is 24.0 Å². The smallest absolute Gasteiger partial charge is 0.307 e. The molecule has 1 aromatic carbocycles. The van der Waals surface area contributed by atoms with Crippen LogP contribution in [-0.4, -0.2) is 9.67 Å². The van der Waals surface area contributed by atoms with Gasteiger partial charge in [-0.2, -0.15) is 0 Å². The fourth-order valence-electron chi connectivity index (χ4n) is 2.81. The second kappa shape index (κ2) is 5.54. The number of aliphatic hydroxyl groups is 1. The van der Waals surface area contributed by atoms with E-state index in [-0.39, 0.29) is 11.5 Å². The minimum atomic E-state index is 0.0615. The van der Waals surface area contributed by atoms with Crippen molar-refractivity contribution in [2.45, 2.75) is 39.3 Å². The van der Waals surface area contributed by atoms with E-state index in [2.05, 4.69) is 6.92 Å². The van der Waals surface area contributed by atoms with E-state index in [0.29, 0.717) is 12.5 Å². The van der Waals surface area contributed by atoms with Crippen LogP contribution in [0.5, 0.6) is 0 Å². The van der Waals surface area contributed by atoms with Gasteiger partial charge in [0.25, 0.3) is 0 Å². The molecular weight excluding hydrogens is 270 g/mol. The number of aliphatic hydroxyl groups excluding tert-OH is 1. The van der Waals surface area contributed by atoms with Crippen molar-refractivity contribution in [3.8, 4) is 0 Å². The molecule has 1 unspecified atom stereocenters. The number of fused-ring (bicyclic) bond motifs is 1. The Morgan fingerprint density at radius 1 is 1.30 bits per heavy atom. The third-order valence-electron chi connectivity index (χ3n) is 4.03. The van der Waals surface area contributed by atoms with Crippen molar-refractivity contribution >= 4 is 11.3 Å². The van der Waals surface area contributed by atoms with Crippen LogP contribution in [-0.2, 0) is 26.0 Å². The van der Waals surface area contributed by atoms with Gasteiger partial charge in [-0.25, -0.2) is 0 Å². The maximum atomic E-state index is 12.2. The molecule has 2 aromatic rings. The molecule has 0 aliphatic heterocycles. The molecule has 0 bridgehead atoms. The first-order valence-corrected chi connectivity index (χ1v) is 7.89. The lowest BCUT2D eigenvalue weighted by atomic mass is 9.92. The molecule has 20 heavy (non-hydrogen) atoms. The standard InChI is InChI=1S/C16H19NO2S/c1-11-2-7-14-15(8-11)20-16(19)17(14)9-12-3-5-13(10-18)6-4-12/h3-6,11,18H,2,7-10H2,1H3. The lowest BCUT2D eigenvalue weighted by Crippen LogP contribution is -2.19. The number of thiazole rings is 1. The molecule has 0 amide bonds. The molecule has 0 saturated carbocycles. The molecule has 0 radical (unpaired) electrons. The van der Waals surface area contributed by atoms with Crippen LogP contribution in [0.4, 0.5) is 0 Å². The summed E-state index contributed by atoms with van der Waals surface area (Å²) >= 11 is 1.41. The minimum absolute atomic E-state index is 0.0615. The van der Waals surface area contributed by atoms with Gasteiger partial charge in [0.1, 0.15) is 0 Å². The van der Waals surface area contributed by atoms with Crippen LogP contribution >= 0.6 is 11.3 Å². The van der Waals surface area contributed by atoms with Crippen molar-refractivity contribution in [3.63, 3.8) is 0 Å². The first-order valence-electron chi connectivity index (χ1n) is 7.07. The predicted octanol–water partition coefficient (Wildman–Crippen LogP) is 2.58. The SMILES string of the molecule is CC1CCc2c(sc(=O)n2Cc2ccc(CO)cc2)C1. The monoisotopic (exact) mass is 289 g/mol. The lowest BCUT2D eigenvalue weighted by Gasteiger charge is -2.19. The maximum Gasteiger partial charge on any atom is 0.307 e. The van der Waals surface area contributed by atoms with Crippen LogP contribution in [0.15, 0.2) is 29.1 Å². The Morgan fingerprint density at radius 3 is 2.70 bits per heavy atom. The molecule has 1 aromatic heterocycles. The van der Waals surface area contributed by atoms with Crippen LogP contribution in [0.2, 0.25) is 0 Å². The Bertz CT molecular complexity index is 654. The molecule has 0 fully saturated rings. The first-order chi connectivity index (χ1) is 9.67. The van der Waals surface area contributed by atoms with Gasteiger partial charge >= 0.3 is 4.87 Å². The van der Waals surface area contributed by atoms with Crippen LogP contribution < -0.4 is 4.87 Å². The Kier molecular flexibility index (Phi) is 3.76. The third kappa shape index (κ3) is 2.58. The van der Waals surface area contributed by atoms with Crippen LogP contribution in [0, 0.1) is 5.92 Å². The van der Waals surface area contributed by atoms with Gasteiger partial charge in [0.2, 0.25) is 0 Å². The van der Waals surface area contributed by atoms with Crippen molar-refractivity contribution in [1.82, 2.24) is 4.57 Å². The highest BCUT2D eigenvalue weighted by Crippen LogP contribution is 2.27. The van der Waals surface area contributed by atoms with Crippen molar-refractivity contribution in [3.05, 3.63) is 55.6 Å². The van der Waals surface area contributed by atoms with Crippen LogP contribution in [0.1, 0.15) is 35.0 Å². The number of hydrogen-bond acceptors (Lipinski definition) is 3. The molecule has 0 spiro atoms. The maximum absolute atomic E-state index is 12.2. The summed E-state index contributed by atoms with van der Waals surface area (Å²) in [7, 11) is 0. The molecule has 3 rings (SSSR count). The fourth-order valence-corrected chi connectivity index (χ4v) is 4.00. The van der Waals surface area contributed by atoms with Crippen molar-refractivity contribution in [2.75, 3.05) is 0 Å². The molecule has 1 aliphatic rings. The molecule has 1 heterocycles. The van der Waals surface area contributed by atoms with Gasteiger partial charge in [0, 0.05) is 10.6 Å². The van der Waals surface area contributed by atoms with Gasteiger partial charge < -0.3 is 5.11 Å². The lowest BCUT2D eigenvalue weighted by molar-refractivity contribution is 0.282. The molecule has 0 saturated heterocycles. The van der Waals surface area contributed by atoms with Crippen molar-refractivity contribution in [2.24, 2.45) is 5.92 Å². The molecule has 4 heteroatoms. The van der Waals surface area contributed by atoms with Gasteiger partial charge in [-0.15, -0.1) is 0 Å². The first kappa shape index (κ1) is 13.6. The summed E-state index contributed by atoms with van der Waals surface area (Å²) in [6.07, 6.45) is 3.24.